The van der Waals surface area contributed by atoms with Gasteiger partial charge in [-0.3, -0.25) is 0 Å². The summed E-state index contributed by atoms with van der Waals surface area (Å²) < 4.78 is 0. The van der Waals surface area contributed by atoms with Crippen LogP contribution in [0.2, 0.25) is 0 Å². The maximum Gasteiger partial charge on any atom is 0.138 e. The lowest BCUT2D eigenvalue weighted by Crippen LogP contribution is -2.34. The summed E-state index contributed by atoms with van der Waals surface area (Å²) in [5, 5.41) is 6.92. The summed E-state index contributed by atoms with van der Waals surface area (Å²) in [7, 11) is 0. The van der Waals surface area contributed by atoms with Crippen LogP contribution in [0.3, 0.4) is 0 Å². The first-order valence-corrected chi connectivity index (χ1v) is 7.78. The van der Waals surface area contributed by atoms with E-state index in [2.05, 4.69) is 50.2 Å². The molecular formula is C16H28N4. The van der Waals surface area contributed by atoms with E-state index >= 15 is 0 Å². The van der Waals surface area contributed by atoms with Gasteiger partial charge in [-0.25, -0.2) is 9.97 Å². The Bertz CT molecular complexity index is 444. The molecule has 4 heteroatoms. The lowest BCUT2D eigenvalue weighted by atomic mass is 9.82. The molecule has 1 aromatic rings. The highest BCUT2D eigenvalue weighted by molar-refractivity contribution is 5.49. The van der Waals surface area contributed by atoms with Crippen molar-refractivity contribution in [1.29, 1.82) is 0 Å². The fourth-order valence-corrected chi connectivity index (χ4v) is 2.43. The third-order valence-corrected chi connectivity index (χ3v) is 3.68. The molecule has 1 aliphatic rings. The van der Waals surface area contributed by atoms with Crippen LogP contribution >= 0.6 is 0 Å². The van der Waals surface area contributed by atoms with Gasteiger partial charge in [0.25, 0.3) is 0 Å². The number of nitrogens with one attached hydrogen (secondary N) is 2. The van der Waals surface area contributed by atoms with Gasteiger partial charge in [0.05, 0.1) is 0 Å². The predicted molar refractivity (Wildman–Crippen MR) is 85.3 cm³/mol. The van der Waals surface area contributed by atoms with Crippen LogP contribution in [-0.2, 0) is 5.41 Å². The molecule has 0 aromatic carbocycles. The van der Waals surface area contributed by atoms with E-state index in [9.17, 15) is 0 Å². The highest BCUT2D eigenvalue weighted by Gasteiger charge is 2.26. The molecule has 2 rings (SSSR count). The second-order valence-corrected chi connectivity index (χ2v) is 7.06. The van der Waals surface area contributed by atoms with Crippen molar-refractivity contribution in [3.05, 3.63) is 11.9 Å². The molecule has 0 bridgehead atoms. The van der Waals surface area contributed by atoms with Crippen LogP contribution in [0.4, 0.5) is 11.6 Å². The Hall–Kier alpha value is -1.32. The monoisotopic (exact) mass is 276 g/mol. The standard InChI is InChI=1S/C16H28N4/c1-6-7-17-13-10-14(18-12-8-11(2)9-12)20-15(19-13)16(3,4)5/h10-12H,6-9H2,1-5H3,(H2,17,18,19,20). The molecule has 0 unspecified atom stereocenters. The SMILES string of the molecule is CCCNc1cc(NC2CC(C)C2)nc(C(C)(C)C)n1. The molecule has 112 valence electrons. The van der Waals surface area contributed by atoms with E-state index in [4.69, 9.17) is 4.98 Å². The molecule has 0 radical (unpaired) electrons. The van der Waals surface area contributed by atoms with Gasteiger partial charge in [0.15, 0.2) is 0 Å². The number of anilines is 2. The average molecular weight is 276 g/mol. The average Bonchev–Trinajstić information content (AvgIpc) is 2.33. The van der Waals surface area contributed by atoms with Gasteiger partial charge >= 0.3 is 0 Å². The molecule has 1 heterocycles. The minimum absolute atomic E-state index is 0.0345. The third kappa shape index (κ3) is 3.84. The van der Waals surface area contributed by atoms with Gasteiger partial charge < -0.3 is 10.6 Å². The summed E-state index contributed by atoms with van der Waals surface area (Å²) in [6, 6.07) is 2.61. The van der Waals surface area contributed by atoms with Crippen molar-refractivity contribution in [2.75, 3.05) is 17.2 Å². The van der Waals surface area contributed by atoms with Crippen molar-refractivity contribution < 1.29 is 0 Å². The zero-order valence-corrected chi connectivity index (χ0v) is 13.5. The Labute approximate surface area is 122 Å². The second kappa shape index (κ2) is 5.98. The number of aromatic nitrogens is 2. The minimum atomic E-state index is -0.0345. The molecule has 1 aliphatic carbocycles. The molecule has 20 heavy (non-hydrogen) atoms. The Morgan fingerprint density at radius 3 is 2.40 bits per heavy atom. The molecule has 1 aromatic heterocycles. The molecule has 2 N–H and O–H groups in total. The Kier molecular flexibility index (Phi) is 4.51. The predicted octanol–water partition coefficient (Wildman–Crippen LogP) is 3.81. The Morgan fingerprint density at radius 1 is 1.20 bits per heavy atom. The van der Waals surface area contributed by atoms with Gasteiger partial charge in [-0.15, -0.1) is 0 Å². The first-order chi connectivity index (χ1) is 9.38. The molecule has 1 saturated carbocycles. The summed E-state index contributed by atoms with van der Waals surface area (Å²) in [6.07, 6.45) is 3.58. The summed E-state index contributed by atoms with van der Waals surface area (Å²) >= 11 is 0. The van der Waals surface area contributed by atoms with E-state index in [-0.39, 0.29) is 5.41 Å². The van der Waals surface area contributed by atoms with Crippen molar-refractivity contribution in [2.24, 2.45) is 5.92 Å². The first-order valence-electron chi connectivity index (χ1n) is 7.78. The number of hydrogen-bond acceptors (Lipinski definition) is 4. The van der Waals surface area contributed by atoms with E-state index in [0.29, 0.717) is 6.04 Å². The van der Waals surface area contributed by atoms with Crippen LogP contribution in [0.1, 0.15) is 59.7 Å². The van der Waals surface area contributed by atoms with Gasteiger partial charge in [-0.05, 0) is 25.2 Å². The number of nitrogens with zero attached hydrogens (tertiary/aromatic N) is 2. The summed E-state index contributed by atoms with van der Waals surface area (Å²) in [5.74, 6) is 3.63. The maximum absolute atomic E-state index is 4.70. The Morgan fingerprint density at radius 2 is 1.85 bits per heavy atom. The van der Waals surface area contributed by atoms with Gasteiger partial charge in [-0.1, -0.05) is 34.6 Å². The number of hydrogen-bond donors (Lipinski definition) is 2. The zero-order chi connectivity index (χ0) is 14.8. The van der Waals surface area contributed by atoms with Crippen molar-refractivity contribution in [3.8, 4) is 0 Å². The van der Waals surface area contributed by atoms with E-state index in [1.807, 2.05) is 6.07 Å². The van der Waals surface area contributed by atoms with E-state index in [1.165, 1.54) is 12.8 Å². The lowest BCUT2D eigenvalue weighted by molar-refractivity contribution is 0.308. The molecule has 4 nitrogen and oxygen atoms in total. The quantitative estimate of drug-likeness (QED) is 0.858. The molecule has 0 amide bonds. The second-order valence-electron chi connectivity index (χ2n) is 7.06. The minimum Gasteiger partial charge on any atom is -0.370 e. The molecule has 0 aliphatic heterocycles. The van der Waals surface area contributed by atoms with E-state index in [0.717, 1.165) is 36.3 Å². The molecule has 0 saturated heterocycles. The van der Waals surface area contributed by atoms with E-state index < -0.39 is 0 Å². The number of rotatable bonds is 5. The highest BCUT2D eigenvalue weighted by Crippen LogP contribution is 2.30. The van der Waals surface area contributed by atoms with Crippen molar-refractivity contribution in [1.82, 2.24) is 9.97 Å². The fourth-order valence-electron chi connectivity index (χ4n) is 2.43. The van der Waals surface area contributed by atoms with Gasteiger partial charge in [-0.2, -0.15) is 0 Å². The Balaban J connectivity index is 2.16. The molecular weight excluding hydrogens is 248 g/mol. The largest absolute Gasteiger partial charge is 0.370 e. The summed E-state index contributed by atoms with van der Waals surface area (Å²) in [4.78, 5) is 9.34. The molecule has 0 spiro atoms. The van der Waals surface area contributed by atoms with Crippen LogP contribution in [0.5, 0.6) is 0 Å². The highest BCUT2D eigenvalue weighted by atomic mass is 15.1. The normalized spacial score (nSPS) is 22.2. The van der Waals surface area contributed by atoms with Crippen molar-refractivity contribution >= 4 is 11.6 Å². The van der Waals surface area contributed by atoms with Crippen LogP contribution in [0, 0.1) is 5.92 Å². The fraction of sp³-hybridized carbons (Fsp3) is 0.750. The van der Waals surface area contributed by atoms with Crippen LogP contribution in [0.25, 0.3) is 0 Å². The van der Waals surface area contributed by atoms with Gasteiger partial charge in [0, 0.05) is 24.1 Å². The summed E-state index contributed by atoms with van der Waals surface area (Å²) in [6.45, 7) is 11.9. The van der Waals surface area contributed by atoms with Crippen LogP contribution in [0.15, 0.2) is 6.07 Å². The lowest BCUT2D eigenvalue weighted by Gasteiger charge is -2.34. The molecule has 0 atom stereocenters. The summed E-state index contributed by atoms with van der Waals surface area (Å²) in [5.41, 5.74) is -0.0345. The van der Waals surface area contributed by atoms with E-state index in [1.54, 1.807) is 0 Å². The molecule has 1 fully saturated rings. The van der Waals surface area contributed by atoms with Crippen molar-refractivity contribution in [2.45, 2.75) is 65.3 Å². The van der Waals surface area contributed by atoms with Crippen LogP contribution in [-0.4, -0.2) is 22.6 Å². The van der Waals surface area contributed by atoms with Crippen LogP contribution < -0.4 is 10.6 Å². The first kappa shape index (κ1) is 15.1. The topological polar surface area (TPSA) is 49.8 Å². The van der Waals surface area contributed by atoms with Crippen molar-refractivity contribution in [3.63, 3.8) is 0 Å². The van der Waals surface area contributed by atoms with Gasteiger partial charge in [0.1, 0.15) is 17.5 Å². The maximum atomic E-state index is 4.70. The smallest absolute Gasteiger partial charge is 0.138 e. The zero-order valence-electron chi connectivity index (χ0n) is 13.5. The third-order valence-electron chi connectivity index (χ3n) is 3.68. The van der Waals surface area contributed by atoms with Gasteiger partial charge in [0.2, 0.25) is 0 Å².